The fourth-order valence-corrected chi connectivity index (χ4v) is 2.07. The summed E-state index contributed by atoms with van der Waals surface area (Å²) in [6.07, 6.45) is -0.682. The van der Waals surface area contributed by atoms with Crippen molar-refractivity contribution in [1.82, 2.24) is 5.32 Å². The van der Waals surface area contributed by atoms with Crippen molar-refractivity contribution in [2.75, 3.05) is 23.7 Å². The number of amides is 2. The van der Waals surface area contributed by atoms with Gasteiger partial charge in [0.1, 0.15) is 5.75 Å². The van der Waals surface area contributed by atoms with Gasteiger partial charge in [-0.05, 0) is 12.1 Å². The quantitative estimate of drug-likeness (QED) is 0.807. The molecule has 0 spiro atoms. The van der Waals surface area contributed by atoms with E-state index in [2.05, 4.69) is 17.9 Å². The molecule has 0 saturated heterocycles. The van der Waals surface area contributed by atoms with Gasteiger partial charge >= 0.3 is 0 Å². The third-order valence-electron chi connectivity index (χ3n) is 2.86. The Kier molecular flexibility index (Phi) is 4.31. The number of carbonyl (C=O) groups is 2. The summed E-state index contributed by atoms with van der Waals surface area (Å²) in [6, 6.07) is 7.20. The Morgan fingerprint density at radius 1 is 1.47 bits per heavy atom. The number of carbonyl (C=O) groups excluding carboxylic acids is 2. The van der Waals surface area contributed by atoms with Crippen molar-refractivity contribution < 1.29 is 14.3 Å². The molecule has 102 valence electrons. The molecule has 1 aliphatic rings. The summed E-state index contributed by atoms with van der Waals surface area (Å²) in [7, 11) is 0. The van der Waals surface area contributed by atoms with Gasteiger partial charge in [0.2, 0.25) is 5.91 Å². The van der Waals surface area contributed by atoms with Crippen LogP contribution in [0.4, 0.5) is 5.69 Å². The topological polar surface area (TPSA) is 58.6 Å². The summed E-state index contributed by atoms with van der Waals surface area (Å²) in [5.41, 5.74) is 0.702. The maximum absolute atomic E-state index is 11.9. The highest BCUT2D eigenvalue weighted by Gasteiger charge is 2.32. The standard InChI is InChI=1S/C13H16N2O3S/c1-9(16)15-8-12(13(17)14-6-7-19)18-11-5-3-2-4-10(11)15/h2-5,12,19H,6-8H2,1H3,(H,14,17). The Hall–Kier alpha value is -1.69. The van der Waals surface area contributed by atoms with Crippen molar-refractivity contribution in [1.29, 1.82) is 0 Å². The van der Waals surface area contributed by atoms with Crippen LogP contribution in [0.1, 0.15) is 6.92 Å². The summed E-state index contributed by atoms with van der Waals surface area (Å²) in [5, 5.41) is 2.71. The zero-order chi connectivity index (χ0) is 13.8. The number of benzene rings is 1. The maximum atomic E-state index is 11.9. The molecular weight excluding hydrogens is 264 g/mol. The molecule has 1 atom stereocenters. The minimum atomic E-state index is -0.682. The molecule has 1 N–H and O–H groups in total. The molecule has 1 heterocycles. The van der Waals surface area contributed by atoms with Crippen LogP contribution in [0.25, 0.3) is 0 Å². The molecule has 0 aromatic heterocycles. The van der Waals surface area contributed by atoms with Crippen LogP contribution in [0, 0.1) is 0 Å². The Morgan fingerprint density at radius 2 is 2.21 bits per heavy atom. The van der Waals surface area contributed by atoms with Crippen molar-refractivity contribution in [2.45, 2.75) is 13.0 Å². The lowest BCUT2D eigenvalue weighted by molar-refractivity contribution is -0.128. The molecule has 5 nitrogen and oxygen atoms in total. The molecule has 19 heavy (non-hydrogen) atoms. The number of para-hydroxylation sites is 2. The fourth-order valence-electron chi connectivity index (χ4n) is 1.96. The molecule has 1 aliphatic heterocycles. The van der Waals surface area contributed by atoms with Gasteiger partial charge in [-0.25, -0.2) is 0 Å². The first kappa shape index (κ1) is 13.7. The number of hydrogen-bond acceptors (Lipinski definition) is 4. The van der Waals surface area contributed by atoms with Gasteiger partial charge in [0.25, 0.3) is 5.91 Å². The molecule has 0 saturated carbocycles. The van der Waals surface area contributed by atoms with E-state index in [1.54, 1.807) is 17.0 Å². The van der Waals surface area contributed by atoms with E-state index >= 15 is 0 Å². The molecule has 0 radical (unpaired) electrons. The highest BCUT2D eigenvalue weighted by molar-refractivity contribution is 7.80. The van der Waals surface area contributed by atoms with Gasteiger partial charge in [-0.2, -0.15) is 12.6 Å². The van der Waals surface area contributed by atoms with Crippen LogP contribution < -0.4 is 15.0 Å². The van der Waals surface area contributed by atoms with E-state index in [9.17, 15) is 9.59 Å². The van der Waals surface area contributed by atoms with Gasteiger partial charge in [-0.3, -0.25) is 9.59 Å². The summed E-state index contributed by atoms with van der Waals surface area (Å²) < 4.78 is 5.64. The number of rotatable bonds is 3. The zero-order valence-electron chi connectivity index (χ0n) is 10.6. The number of nitrogens with zero attached hydrogens (tertiary/aromatic N) is 1. The molecule has 1 unspecified atom stereocenters. The SMILES string of the molecule is CC(=O)N1CC(C(=O)NCCS)Oc2ccccc21. The third-order valence-corrected chi connectivity index (χ3v) is 3.08. The highest BCUT2D eigenvalue weighted by atomic mass is 32.1. The third kappa shape index (κ3) is 3.01. The van der Waals surface area contributed by atoms with Gasteiger partial charge < -0.3 is 15.0 Å². The number of ether oxygens (including phenoxy) is 1. The lowest BCUT2D eigenvalue weighted by Crippen LogP contribution is -2.50. The molecule has 6 heteroatoms. The van der Waals surface area contributed by atoms with Gasteiger partial charge in [0.15, 0.2) is 6.10 Å². The van der Waals surface area contributed by atoms with Crippen LogP contribution in [0.5, 0.6) is 5.75 Å². The van der Waals surface area contributed by atoms with Crippen LogP contribution in [-0.2, 0) is 9.59 Å². The van der Waals surface area contributed by atoms with E-state index in [0.29, 0.717) is 23.7 Å². The molecule has 1 aromatic rings. The lowest BCUT2D eigenvalue weighted by Gasteiger charge is -2.33. The zero-order valence-corrected chi connectivity index (χ0v) is 11.5. The second-order valence-electron chi connectivity index (χ2n) is 4.22. The monoisotopic (exact) mass is 280 g/mol. The second-order valence-corrected chi connectivity index (χ2v) is 4.67. The summed E-state index contributed by atoms with van der Waals surface area (Å²) in [4.78, 5) is 25.2. The first-order chi connectivity index (χ1) is 9.13. The molecule has 0 aliphatic carbocycles. The fraction of sp³-hybridized carbons (Fsp3) is 0.385. The minimum absolute atomic E-state index is 0.109. The van der Waals surface area contributed by atoms with Gasteiger partial charge in [-0.1, -0.05) is 12.1 Å². The first-order valence-electron chi connectivity index (χ1n) is 6.06. The second kappa shape index (κ2) is 5.97. The highest BCUT2D eigenvalue weighted by Crippen LogP contribution is 2.33. The largest absolute Gasteiger partial charge is 0.477 e. The lowest BCUT2D eigenvalue weighted by atomic mass is 10.1. The van der Waals surface area contributed by atoms with E-state index in [-0.39, 0.29) is 18.4 Å². The normalized spacial score (nSPS) is 17.4. The number of hydrogen-bond donors (Lipinski definition) is 2. The smallest absolute Gasteiger partial charge is 0.263 e. The van der Waals surface area contributed by atoms with Crippen molar-refractivity contribution >= 4 is 30.1 Å². The summed E-state index contributed by atoms with van der Waals surface area (Å²) in [6.45, 7) is 2.18. The van der Waals surface area contributed by atoms with Gasteiger partial charge in [0.05, 0.1) is 12.2 Å². The predicted molar refractivity (Wildman–Crippen MR) is 75.7 cm³/mol. The number of thiol groups is 1. The van der Waals surface area contributed by atoms with Crippen LogP contribution in [0.3, 0.4) is 0 Å². The molecule has 0 fully saturated rings. The van der Waals surface area contributed by atoms with Crippen LogP contribution >= 0.6 is 12.6 Å². The predicted octanol–water partition coefficient (Wildman–Crippen LogP) is 0.846. The Labute approximate surface area is 117 Å². The van der Waals surface area contributed by atoms with E-state index in [0.717, 1.165) is 0 Å². The van der Waals surface area contributed by atoms with Crippen LogP contribution in [0.15, 0.2) is 24.3 Å². The number of fused-ring (bicyclic) bond motifs is 1. The first-order valence-corrected chi connectivity index (χ1v) is 6.69. The molecule has 2 rings (SSSR count). The van der Waals surface area contributed by atoms with Crippen molar-refractivity contribution in [3.05, 3.63) is 24.3 Å². The van der Waals surface area contributed by atoms with E-state index in [4.69, 9.17) is 4.74 Å². The van der Waals surface area contributed by atoms with Crippen molar-refractivity contribution in [3.8, 4) is 5.75 Å². The van der Waals surface area contributed by atoms with Gasteiger partial charge in [0, 0.05) is 19.2 Å². The van der Waals surface area contributed by atoms with E-state index in [1.165, 1.54) is 6.92 Å². The van der Waals surface area contributed by atoms with Gasteiger partial charge in [-0.15, -0.1) is 0 Å². The number of nitrogens with one attached hydrogen (secondary N) is 1. The minimum Gasteiger partial charge on any atom is -0.477 e. The van der Waals surface area contributed by atoms with E-state index < -0.39 is 6.10 Å². The number of anilines is 1. The summed E-state index contributed by atoms with van der Waals surface area (Å²) >= 11 is 4.03. The molecule has 2 amide bonds. The average molecular weight is 280 g/mol. The maximum Gasteiger partial charge on any atom is 0.263 e. The van der Waals surface area contributed by atoms with Crippen LogP contribution in [0.2, 0.25) is 0 Å². The molecular formula is C13H16N2O3S. The van der Waals surface area contributed by atoms with Crippen molar-refractivity contribution in [2.24, 2.45) is 0 Å². The molecule has 0 bridgehead atoms. The Bertz CT molecular complexity index is 493. The Balaban J connectivity index is 2.20. The van der Waals surface area contributed by atoms with Crippen molar-refractivity contribution in [3.63, 3.8) is 0 Å². The Morgan fingerprint density at radius 3 is 2.89 bits per heavy atom. The van der Waals surface area contributed by atoms with E-state index in [1.807, 2.05) is 12.1 Å². The summed E-state index contributed by atoms with van der Waals surface area (Å²) in [5.74, 6) is 0.776. The average Bonchev–Trinajstić information content (AvgIpc) is 2.43. The van der Waals surface area contributed by atoms with Crippen LogP contribution in [-0.4, -0.2) is 36.8 Å². The molecule has 1 aromatic carbocycles.